The Bertz CT molecular complexity index is 433. The zero-order valence-corrected chi connectivity index (χ0v) is 10.4. The third-order valence-electron chi connectivity index (χ3n) is 3.59. The number of carboxylic acids is 1. The van der Waals surface area contributed by atoms with Gasteiger partial charge in [0.25, 0.3) is 0 Å². The average Bonchev–Trinajstić information content (AvgIpc) is 2.40. The largest absolute Gasteiger partial charge is 0.481 e. The topological polar surface area (TPSA) is 53.4 Å². The molecule has 1 aromatic heterocycles. The van der Waals surface area contributed by atoms with Gasteiger partial charge in [-0.05, 0) is 31.4 Å². The van der Waals surface area contributed by atoms with Crippen LogP contribution in [0.4, 0.5) is 5.69 Å². The molecule has 2 heterocycles. The van der Waals surface area contributed by atoms with Gasteiger partial charge in [-0.3, -0.25) is 9.78 Å². The molecule has 4 nitrogen and oxygen atoms in total. The summed E-state index contributed by atoms with van der Waals surface area (Å²) in [5.74, 6) is -0.721. The minimum Gasteiger partial charge on any atom is -0.481 e. The van der Waals surface area contributed by atoms with Gasteiger partial charge >= 0.3 is 5.97 Å². The van der Waals surface area contributed by atoms with Gasteiger partial charge in [0.15, 0.2) is 0 Å². The molecule has 18 heavy (non-hydrogen) atoms. The van der Waals surface area contributed by atoms with Crippen LogP contribution in [0, 0.1) is 5.41 Å². The van der Waals surface area contributed by atoms with Gasteiger partial charge in [-0.25, -0.2) is 0 Å². The van der Waals surface area contributed by atoms with E-state index in [0.29, 0.717) is 13.0 Å². The highest BCUT2D eigenvalue weighted by Gasteiger charge is 2.41. The molecule has 0 spiro atoms. The molecule has 2 rings (SSSR count). The highest BCUT2D eigenvalue weighted by molar-refractivity contribution is 5.76. The van der Waals surface area contributed by atoms with Crippen LogP contribution in [0.5, 0.6) is 0 Å². The molecule has 0 unspecified atom stereocenters. The number of hydrogen-bond donors (Lipinski definition) is 1. The smallest absolute Gasteiger partial charge is 0.311 e. The second-order valence-electron chi connectivity index (χ2n) is 4.81. The Labute approximate surface area is 107 Å². The Morgan fingerprint density at radius 2 is 2.28 bits per heavy atom. The maximum atomic E-state index is 11.6. The van der Waals surface area contributed by atoms with Crippen LogP contribution in [0.25, 0.3) is 0 Å². The van der Waals surface area contributed by atoms with E-state index in [2.05, 4.69) is 16.5 Å². The maximum Gasteiger partial charge on any atom is 0.311 e. The second kappa shape index (κ2) is 5.21. The first-order chi connectivity index (χ1) is 8.68. The van der Waals surface area contributed by atoms with E-state index >= 15 is 0 Å². The lowest BCUT2D eigenvalue weighted by atomic mass is 9.77. The number of piperidine rings is 1. The van der Waals surface area contributed by atoms with Crippen LogP contribution in [-0.4, -0.2) is 29.1 Å². The van der Waals surface area contributed by atoms with Crippen LogP contribution in [-0.2, 0) is 4.79 Å². The summed E-state index contributed by atoms with van der Waals surface area (Å²) >= 11 is 0. The van der Waals surface area contributed by atoms with E-state index in [0.717, 1.165) is 25.1 Å². The molecule has 0 amide bonds. The summed E-state index contributed by atoms with van der Waals surface area (Å²) in [6.45, 7) is 5.13. The lowest BCUT2D eigenvalue weighted by Gasteiger charge is -2.40. The van der Waals surface area contributed by atoms with E-state index in [1.165, 1.54) is 0 Å². The number of nitrogens with zero attached hydrogens (tertiary/aromatic N) is 2. The number of aliphatic carboxylic acids is 1. The van der Waals surface area contributed by atoms with Gasteiger partial charge in [-0.15, -0.1) is 6.58 Å². The van der Waals surface area contributed by atoms with E-state index in [1.54, 1.807) is 18.5 Å². The van der Waals surface area contributed by atoms with Gasteiger partial charge in [0, 0.05) is 31.2 Å². The Morgan fingerprint density at radius 1 is 1.56 bits per heavy atom. The quantitative estimate of drug-likeness (QED) is 0.828. The molecular formula is C14H18N2O2. The number of rotatable bonds is 4. The van der Waals surface area contributed by atoms with Crippen molar-refractivity contribution in [2.75, 3.05) is 18.0 Å². The molecule has 0 aromatic carbocycles. The highest BCUT2D eigenvalue weighted by Crippen LogP contribution is 2.36. The summed E-state index contributed by atoms with van der Waals surface area (Å²) in [5, 5.41) is 9.50. The molecule has 1 aliphatic rings. The first kappa shape index (κ1) is 12.6. The van der Waals surface area contributed by atoms with Crippen molar-refractivity contribution < 1.29 is 9.90 Å². The van der Waals surface area contributed by atoms with E-state index < -0.39 is 11.4 Å². The number of allylic oxidation sites excluding steroid dienone is 1. The van der Waals surface area contributed by atoms with Crippen molar-refractivity contribution in [2.24, 2.45) is 5.41 Å². The van der Waals surface area contributed by atoms with Gasteiger partial charge in [0.1, 0.15) is 0 Å². The first-order valence-electron chi connectivity index (χ1n) is 6.17. The molecule has 0 radical (unpaired) electrons. The second-order valence-corrected chi connectivity index (χ2v) is 4.81. The summed E-state index contributed by atoms with van der Waals surface area (Å²) in [6, 6.07) is 3.84. The normalized spacial score (nSPS) is 23.7. The Kier molecular flexibility index (Phi) is 3.65. The maximum absolute atomic E-state index is 11.6. The van der Waals surface area contributed by atoms with Gasteiger partial charge in [0.2, 0.25) is 0 Å². The zero-order valence-electron chi connectivity index (χ0n) is 10.4. The Hall–Kier alpha value is -1.84. The zero-order chi connectivity index (χ0) is 13.0. The van der Waals surface area contributed by atoms with E-state index in [-0.39, 0.29) is 0 Å². The van der Waals surface area contributed by atoms with Crippen molar-refractivity contribution in [1.29, 1.82) is 0 Å². The van der Waals surface area contributed by atoms with E-state index in [1.807, 2.05) is 12.1 Å². The summed E-state index contributed by atoms with van der Waals surface area (Å²) in [4.78, 5) is 17.7. The van der Waals surface area contributed by atoms with Crippen LogP contribution >= 0.6 is 0 Å². The fraction of sp³-hybridized carbons (Fsp3) is 0.429. The summed E-state index contributed by atoms with van der Waals surface area (Å²) in [6.07, 6.45) is 7.31. The van der Waals surface area contributed by atoms with Gasteiger partial charge in [-0.1, -0.05) is 6.08 Å². The molecule has 1 fully saturated rings. The van der Waals surface area contributed by atoms with Crippen molar-refractivity contribution in [3.8, 4) is 0 Å². The van der Waals surface area contributed by atoms with Gasteiger partial charge in [-0.2, -0.15) is 0 Å². The standard InChI is InChI=1S/C14H18N2O2/c1-2-6-14(13(17)18)7-3-10-16(11-14)12-4-8-15-9-5-12/h2,4-5,8-9H,1,3,6-7,10-11H2,(H,17,18)/t14-/m1/s1. The highest BCUT2D eigenvalue weighted by atomic mass is 16.4. The van der Waals surface area contributed by atoms with Crippen molar-refractivity contribution in [3.05, 3.63) is 37.2 Å². The number of carbonyl (C=O) groups is 1. The molecule has 4 heteroatoms. The summed E-state index contributed by atoms with van der Waals surface area (Å²) < 4.78 is 0. The molecule has 1 saturated heterocycles. The Balaban J connectivity index is 2.21. The summed E-state index contributed by atoms with van der Waals surface area (Å²) in [7, 11) is 0. The molecule has 1 atom stereocenters. The van der Waals surface area contributed by atoms with Gasteiger partial charge in [0.05, 0.1) is 5.41 Å². The van der Waals surface area contributed by atoms with Crippen molar-refractivity contribution in [1.82, 2.24) is 4.98 Å². The first-order valence-corrected chi connectivity index (χ1v) is 6.17. The lowest BCUT2D eigenvalue weighted by Crippen LogP contribution is -2.47. The van der Waals surface area contributed by atoms with Crippen molar-refractivity contribution in [3.63, 3.8) is 0 Å². The number of anilines is 1. The summed E-state index contributed by atoms with van der Waals surface area (Å²) in [5.41, 5.74) is 0.350. The van der Waals surface area contributed by atoms with Crippen LogP contribution in [0.3, 0.4) is 0 Å². The van der Waals surface area contributed by atoms with Crippen LogP contribution in [0.2, 0.25) is 0 Å². The minimum absolute atomic E-state index is 0.518. The molecule has 1 aromatic rings. The molecular weight excluding hydrogens is 228 g/mol. The minimum atomic E-state index is -0.721. The van der Waals surface area contributed by atoms with Crippen LogP contribution in [0.1, 0.15) is 19.3 Å². The monoisotopic (exact) mass is 246 g/mol. The molecule has 1 aliphatic heterocycles. The molecule has 0 bridgehead atoms. The fourth-order valence-corrected chi connectivity index (χ4v) is 2.61. The molecule has 96 valence electrons. The fourth-order valence-electron chi connectivity index (χ4n) is 2.61. The SMILES string of the molecule is C=CC[C@@]1(C(=O)O)CCCN(c2ccncc2)C1. The number of aromatic nitrogens is 1. The molecule has 0 saturated carbocycles. The predicted octanol–water partition coefficient (Wildman–Crippen LogP) is 2.33. The van der Waals surface area contributed by atoms with E-state index in [9.17, 15) is 9.90 Å². The van der Waals surface area contributed by atoms with Crippen LogP contribution < -0.4 is 4.90 Å². The average molecular weight is 246 g/mol. The molecule has 0 aliphatic carbocycles. The van der Waals surface area contributed by atoms with E-state index in [4.69, 9.17) is 0 Å². The van der Waals surface area contributed by atoms with Gasteiger partial charge < -0.3 is 10.0 Å². The van der Waals surface area contributed by atoms with Crippen molar-refractivity contribution >= 4 is 11.7 Å². The number of pyridine rings is 1. The number of hydrogen-bond acceptors (Lipinski definition) is 3. The third kappa shape index (κ3) is 2.37. The lowest BCUT2D eigenvalue weighted by molar-refractivity contribution is -0.149. The third-order valence-corrected chi connectivity index (χ3v) is 3.59. The van der Waals surface area contributed by atoms with Crippen LogP contribution in [0.15, 0.2) is 37.2 Å². The van der Waals surface area contributed by atoms with Crippen molar-refractivity contribution in [2.45, 2.75) is 19.3 Å². The predicted molar refractivity (Wildman–Crippen MR) is 70.6 cm³/mol. The number of carboxylic acid groups (broad SMARTS) is 1. The Morgan fingerprint density at radius 3 is 2.89 bits per heavy atom. The molecule has 1 N–H and O–H groups in total.